The van der Waals surface area contributed by atoms with Gasteiger partial charge in [-0.25, -0.2) is 0 Å². The van der Waals surface area contributed by atoms with E-state index in [9.17, 15) is 9.59 Å². The molecule has 1 aromatic carbocycles. The third kappa shape index (κ3) is 4.44. The van der Waals surface area contributed by atoms with Crippen molar-refractivity contribution in [2.24, 2.45) is 5.73 Å². The lowest BCUT2D eigenvalue weighted by Gasteiger charge is -2.26. The Balaban J connectivity index is 0.00000242. The Morgan fingerprint density at radius 2 is 2.00 bits per heavy atom. The second-order valence-corrected chi connectivity index (χ2v) is 6.44. The van der Waals surface area contributed by atoms with Crippen molar-refractivity contribution < 1.29 is 9.59 Å². The highest BCUT2D eigenvalue weighted by Gasteiger charge is 2.33. The van der Waals surface area contributed by atoms with Gasteiger partial charge in [-0.1, -0.05) is 28.1 Å². The predicted octanol–water partition coefficient (Wildman–Crippen LogP) is 1.83. The minimum atomic E-state index is -1.17. The summed E-state index contributed by atoms with van der Waals surface area (Å²) in [7, 11) is 0. The lowest BCUT2D eigenvalue weighted by molar-refractivity contribution is -0.131. The highest BCUT2D eigenvalue weighted by atomic mass is 79.9. The van der Waals surface area contributed by atoms with E-state index >= 15 is 0 Å². The van der Waals surface area contributed by atoms with Crippen LogP contribution in [0.25, 0.3) is 0 Å². The number of benzene rings is 1. The Morgan fingerprint density at radius 3 is 2.64 bits per heavy atom. The fraction of sp³-hybridized carbons (Fsp3) is 0.467. The van der Waals surface area contributed by atoms with E-state index in [4.69, 9.17) is 5.73 Å². The molecular formula is C15H21BrClN3O2. The number of hydrogen-bond donors (Lipinski definition) is 3. The number of carbonyl (C=O) groups is 2. The summed E-state index contributed by atoms with van der Waals surface area (Å²) in [6.45, 7) is 2.32. The summed E-state index contributed by atoms with van der Waals surface area (Å²) in [5.41, 5.74) is 5.71. The highest BCUT2D eigenvalue weighted by molar-refractivity contribution is 9.10. The highest BCUT2D eigenvalue weighted by Crippen LogP contribution is 2.21. The van der Waals surface area contributed by atoms with Crippen LogP contribution in [-0.2, 0) is 15.1 Å². The predicted molar refractivity (Wildman–Crippen MR) is 91.7 cm³/mol. The van der Waals surface area contributed by atoms with Gasteiger partial charge in [0.25, 0.3) is 0 Å². The Bertz CT molecular complexity index is 534. The van der Waals surface area contributed by atoms with Gasteiger partial charge in [-0.05, 0) is 43.9 Å². The van der Waals surface area contributed by atoms with Crippen molar-refractivity contribution in [3.05, 3.63) is 34.3 Å². The summed E-state index contributed by atoms with van der Waals surface area (Å²) in [4.78, 5) is 24.3. The Morgan fingerprint density at radius 1 is 1.36 bits per heavy atom. The summed E-state index contributed by atoms with van der Waals surface area (Å²) in [5, 5.41) is 5.57. The van der Waals surface area contributed by atoms with Crippen molar-refractivity contribution in [2.75, 3.05) is 6.54 Å². The molecular weight excluding hydrogens is 370 g/mol. The maximum absolute atomic E-state index is 12.4. The first kappa shape index (κ1) is 18.9. The molecule has 1 saturated heterocycles. The molecule has 1 aromatic rings. The second-order valence-electron chi connectivity index (χ2n) is 5.52. The maximum atomic E-state index is 12.4. The smallest absolute Gasteiger partial charge is 0.245 e. The van der Waals surface area contributed by atoms with E-state index < -0.39 is 11.6 Å². The van der Waals surface area contributed by atoms with Crippen molar-refractivity contribution in [1.29, 1.82) is 0 Å². The minimum absolute atomic E-state index is 0. The van der Waals surface area contributed by atoms with Crippen LogP contribution in [0.4, 0.5) is 0 Å². The molecule has 1 aliphatic heterocycles. The van der Waals surface area contributed by atoms with Crippen molar-refractivity contribution in [3.8, 4) is 0 Å². The standard InChI is InChI=1S/C15H20BrN3O2.ClH/c1-15(17,10-5-7-11(16)8-6-10)14(21)19-12-4-2-3-9-18-13(12)20;/h5-8,12H,2-4,9,17H2,1H3,(H,18,20)(H,19,21);1H. The van der Waals surface area contributed by atoms with Crippen LogP contribution in [0.1, 0.15) is 31.7 Å². The molecule has 0 spiro atoms. The SMILES string of the molecule is CC(N)(C(=O)NC1CCCCNC1=O)c1ccc(Br)cc1.Cl. The first-order valence-corrected chi connectivity index (χ1v) is 7.84. The molecule has 0 aliphatic carbocycles. The molecule has 5 nitrogen and oxygen atoms in total. The van der Waals surface area contributed by atoms with E-state index in [1.165, 1.54) is 0 Å². The minimum Gasteiger partial charge on any atom is -0.354 e. The second kappa shape index (κ2) is 7.94. The number of nitrogens with one attached hydrogen (secondary N) is 2. The van der Waals surface area contributed by atoms with Crippen molar-refractivity contribution >= 4 is 40.2 Å². The summed E-state index contributed by atoms with van der Waals surface area (Å²) >= 11 is 3.35. The van der Waals surface area contributed by atoms with Crippen LogP contribution in [0.15, 0.2) is 28.7 Å². The van der Waals surface area contributed by atoms with Gasteiger partial charge in [0.2, 0.25) is 11.8 Å². The van der Waals surface area contributed by atoms with Gasteiger partial charge < -0.3 is 16.4 Å². The first-order chi connectivity index (χ1) is 9.91. The van der Waals surface area contributed by atoms with Gasteiger partial charge in [0.05, 0.1) is 0 Å². The van der Waals surface area contributed by atoms with Crippen molar-refractivity contribution in [2.45, 2.75) is 37.8 Å². The van der Waals surface area contributed by atoms with Gasteiger partial charge in [-0.15, -0.1) is 12.4 Å². The van der Waals surface area contributed by atoms with Crippen LogP contribution >= 0.6 is 28.3 Å². The molecule has 7 heteroatoms. The van der Waals surface area contributed by atoms with Gasteiger partial charge in [0.15, 0.2) is 0 Å². The van der Waals surface area contributed by atoms with E-state index in [0.29, 0.717) is 18.5 Å². The summed E-state index contributed by atoms with van der Waals surface area (Å²) in [6.07, 6.45) is 2.49. The molecule has 1 aliphatic rings. The van der Waals surface area contributed by atoms with E-state index in [-0.39, 0.29) is 24.2 Å². The van der Waals surface area contributed by atoms with Crippen molar-refractivity contribution in [3.63, 3.8) is 0 Å². The van der Waals surface area contributed by atoms with Crippen molar-refractivity contribution in [1.82, 2.24) is 10.6 Å². The molecule has 2 atom stereocenters. The molecule has 0 saturated carbocycles. The Labute approximate surface area is 144 Å². The average Bonchev–Trinajstić information content (AvgIpc) is 2.64. The third-order valence-electron chi connectivity index (χ3n) is 3.76. The first-order valence-electron chi connectivity index (χ1n) is 7.05. The van der Waals surface area contributed by atoms with E-state index in [0.717, 1.165) is 17.3 Å². The molecule has 0 aromatic heterocycles. The number of nitrogens with two attached hydrogens (primary N) is 1. The maximum Gasteiger partial charge on any atom is 0.245 e. The fourth-order valence-corrected chi connectivity index (χ4v) is 2.58. The van der Waals surface area contributed by atoms with Crippen LogP contribution in [0, 0.1) is 0 Å². The van der Waals surface area contributed by atoms with Gasteiger partial charge in [-0.2, -0.15) is 0 Å². The van der Waals surface area contributed by atoms with E-state index in [1.54, 1.807) is 19.1 Å². The van der Waals surface area contributed by atoms with Crippen LogP contribution in [0.3, 0.4) is 0 Å². The molecule has 22 heavy (non-hydrogen) atoms. The Hall–Kier alpha value is -1.11. The number of hydrogen-bond acceptors (Lipinski definition) is 3. The molecule has 122 valence electrons. The summed E-state index contributed by atoms with van der Waals surface area (Å²) in [5.74, 6) is -0.473. The lowest BCUT2D eigenvalue weighted by Crippen LogP contribution is -2.55. The normalized spacial score (nSPS) is 20.9. The van der Waals surface area contributed by atoms with Gasteiger partial charge in [-0.3, -0.25) is 9.59 Å². The number of amides is 2. The van der Waals surface area contributed by atoms with Crippen LogP contribution in [0.2, 0.25) is 0 Å². The zero-order chi connectivity index (χ0) is 15.5. The number of halogens is 2. The monoisotopic (exact) mass is 389 g/mol. The van der Waals surface area contributed by atoms with E-state index in [1.807, 2.05) is 12.1 Å². The molecule has 1 fully saturated rings. The topological polar surface area (TPSA) is 84.2 Å². The molecule has 1 heterocycles. The third-order valence-corrected chi connectivity index (χ3v) is 4.28. The molecule has 0 radical (unpaired) electrons. The molecule has 2 amide bonds. The quantitative estimate of drug-likeness (QED) is 0.736. The van der Waals surface area contributed by atoms with Gasteiger partial charge in [0, 0.05) is 11.0 Å². The van der Waals surface area contributed by atoms with Crippen LogP contribution in [0.5, 0.6) is 0 Å². The van der Waals surface area contributed by atoms with Gasteiger partial charge >= 0.3 is 0 Å². The molecule has 4 N–H and O–H groups in total. The molecule has 2 unspecified atom stereocenters. The molecule has 2 rings (SSSR count). The summed E-state index contributed by atoms with van der Waals surface area (Å²) < 4.78 is 0.922. The van der Waals surface area contributed by atoms with E-state index in [2.05, 4.69) is 26.6 Å². The van der Waals surface area contributed by atoms with Crippen LogP contribution in [-0.4, -0.2) is 24.4 Å². The lowest BCUT2D eigenvalue weighted by atomic mass is 9.91. The van der Waals surface area contributed by atoms with Gasteiger partial charge in [0.1, 0.15) is 11.6 Å². The number of carbonyl (C=O) groups excluding carboxylic acids is 2. The Kier molecular flexibility index (Phi) is 6.84. The summed E-state index contributed by atoms with van der Waals surface area (Å²) in [6, 6.07) is 6.78. The number of rotatable bonds is 3. The van der Waals surface area contributed by atoms with Crippen LogP contribution < -0.4 is 16.4 Å². The average molecular weight is 391 g/mol. The largest absolute Gasteiger partial charge is 0.354 e. The molecule has 0 bridgehead atoms. The fourth-order valence-electron chi connectivity index (χ4n) is 2.31. The zero-order valence-electron chi connectivity index (χ0n) is 12.4. The zero-order valence-corrected chi connectivity index (χ0v) is 14.8.